The summed E-state index contributed by atoms with van der Waals surface area (Å²) in [6.07, 6.45) is 4.25. The van der Waals surface area contributed by atoms with E-state index in [1.165, 1.54) is 6.42 Å². The van der Waals surface area contributed by atoms with Gasteiger partial charge in [0.2, 0.25) is 0 Å². The standard InChI is InChI=1S/C16H23NO2/c1-3-19-15(18)16(2)12-8-5-9-13-17(16)14-10-6-4-7-11-14/h4,6-7,10-11H,3,5,8-9,12-13H2,1-2H3. The molecule has 104 valence electrons. The number of benzene rings is 1. The van der Waals surface area contributed by atoms with Crippen LogP contribution < -0.4 is 4.90 Å². The molecule has 0 saturated carbocycles. The van der Waals surface area contributed by atoms with E-state index in [-0.39, 0.29) is 5.97 Å². The molecule has 0 N–H and O–H groups in total. The van der Waals surface area contributed by atoms with Gasteiger partial charge in [0, 0.05) is 12.2 Å². The van der Waals surface area contributed by atoms with E-state index in [1.807, 2.05) is 32.0 Å². The van der Waals surface area contributed by atoms with Crippen molar-refractivity contribution in [3.63, 3.8) is 0 Å². The van der Waals surface area contributed by atoms with Crippen LogP contribution >= 0.6 is 0 Å². The largest absolute Gasteiger partial charge is 0.464 e. The highest BCUT2D eigenvalue weighted by atomic mass is 16.5. The quantitative estimate of drug-likeness (QED) is 0.781. The molecule has 1 aromatic rings. The van der Waals surface area contributed by atoms with Crippen molar-refractivity contribution in [1.29, 1.82) is 0 Å². The van der Waals surface area contributed by atoms with Gasteiger partial charge in [0.15, 0.2) is 0 Å². The fraction of sp³-hybridized carbons (Fsp3) is 0.562. The fourth-order valence-corrected chi connectivity index (χ4v) is 2.82. The van der Waals surface area contributed by atoms with E-state index in [0.29, 0.717) is 6.61 Å². The number of carbonyl (C=O) groups excluding carboxylic acids is 1. The predicted molar refractivity (Wildman–Crippen MR) is 77.3 cm³/mol. The first-order valence-corrected chi connectivity index (χ1v) is 7.18. The second-order valence-electron chi connectivity index (χ2n) is 5.29. The summed E-state index contributed by atoms with van der Waals surface area (Å²) >= 11 is 0. The molecule has 1 aliphatic heterocycles. The zero-order valence-electron chi connectivity index (χ0n) is 11.9. The smallest absolute Gasteiger partial charge is 0.331 e. The number of para-hydroxylation sites is 1. The number of ether oxygens (including phenoxy) is 1. The molecule has 1 fully saturated rings. The summed E-state index contributed by atoms with van der Waals surface area (Å²) < 4.78 is 5.31. The molecule has 1 atom stereocenters. The summed E-state index contributed by atoms with van der Waals surface area (Å²) in [4.78, 5) is 14.6. The first-order chi connectivity index (χ1) is 9.18. The molecule has 3 heteroatoms. The molecule has 0 bridgehead atoms. The second kappa shape index (κ2) is 6.09. The van der Waals surface area contributed by atoms with Crippen LogP contribution in [0, 0.1) is 0 Å². The van der Waals surface area contributed by atoms with Crippen LogP contribution in [-0.2, 0) is 9.53 Å². The molecule has 0 aliphatic carbocycles. The Hall–Kier alpha value is -1.51. The lowest BCUT2D eigenvalue weighted by Crippen LogP contribution is -2.53. The lowest BCUT2D eigenvalue weighted by atomic mass is 9.93. The Kier molecular flexibility index (Phi) is 4.46. The van der Waals surface area contributed by atoms with Crippen molar-refractivity contribution in [2.45, 2.75) is 45.1 Å². The minimum absolute atomic E-state index is 0.0965. The number of esters is 1. The van der Waals surface area contributed by atoms with Gasteiger partial charge in [-0.2, -0.15) is 0 Å². The van der Waals surface area contributed by atoms with E-state index in [9.17, 15) is 4.79 Å². The summed E-state index contributed by atoms with van der Waals surface area (Å²) in [5.41, 5.74) is 0.577. The number of carbonyl (C=O) groups is 1. The van der Waals surface area contributed by atoms with Crippen LogP contribution in [-0.4, -0.2) is 24.7 Å². The van der Waals surface area contributed by atoms with Gasteiger partial charge in [-0.15, -0.1) is 0 Å². The summed E-state index contributed by atoms with van der Waals surface area (Å²) in [6, 6.07) is 10.2. The molecule has 2 rings (SSSR count). The Morgan fingerprint density at radius 3 is 2.68 bits per heavy atom. The Labute approximate surface area is 115 Å². The van der Waals surface area contributed by atoms with Gasteiger partial charge in [-0.1, -0.05) is 31.0 Å². The Bertz CT molecular complexity index is 418. The van der Waals surface area contributed by atoms with Crippen molar-refractivity contribution >= 4 is 11.7 Å². The summed E-state index contributed by atoms with van der Waals surface area (Å²) in [5, 5.41) is 0. The lowest BCUT2D eigenvalue weighted by molar-refractivity contribution is -0.149. The highest BCUT2D eigenvalue weighted by Crippen LogP contribution is 2.32. The highest BCUT2D eigenvalue weighted by molar-refractivity contribution is 5.85. The number of hydrogen-bond donors (Lipinski definition) is 0. The van der Waals surface area contributed by atoms with Crippen molar-refractivity contribution in [3.05, 3.63) is 30.3 Å². The zero-order chi connectivity index (χ0) is 13.7. The van der Waals surface area contributed by atoms with Crippen LogP contribution in [0.3, 0.4) is 0 Å². The topological polar surface area (TPSA) is 29.5 Å². The van der Waals surface area contributed by atoms with E-state index >= 15 is 0 Å². The summed E-state index contributed by atoms with van der Waals surface area (Å²) in [6.45, 7) is 5.24. The summed E-state index contributed by atoms with van der Waals surface area (Å²) in [5.74, 6) is -0.0965. The minimum atomic E-state index is -0.534. The monoisotopic (exact) mass is 261 g/mol. The van der Waals surface area contributed by atoms with E-state index in [2.05, 4.69) is 17.0 Å². The van der Waals surface area contributed by atoms with Crippen molar-refractivity contribution in [2.24, 2.45) is 0 Å². The Morgan fingerprint density at radius 2 is 2.00 bits per heavy atom. The third-order valence-corrected chi connectivity index (χ3v) is 3.92. The third kappa shape index (κ3) is 2.91. The average Bonchev–Trinajstić information content (AvgIpc) is 2.63. The number of rotatable bonds is 3. The van der Waals surface area contributed by atoms with Crippen LogP contribution in [0.1, 0.15) is 39.5 Å². The van der Waals surface area contributed by atoms with Gasteiger partial charge in [-0.05, 0) is 38.8 Å². The maximum Gasteiger partial charge on any atom is 0.331 e. The maximum atomic E-state index is 12.4. The molecule has 1 heterocycles. The Balaban J connectivity index is 2.32. The second-order valence-corrected chi connectivity index (χ2v) is 5.29. The van der Waals surface area contributed by atoms with E-state index in [0.717, 1.165) is 31.5 Å². The molecule has 1 aromatic carbocycles. The average molecular weight is 261 g/mol. The van der Waals surface area contributed by atoms with Gasteiger partial charge in [0.05, 0.1) is 6.61 Å². The molecule has 1 saturated heterocycles. The van der Waals surface area contributed by atoms with Crippen LogP contribution in [0.15, 0.2) is 30.3 Å². The van der Waals surface area contributed by atoms with Crippen molar-refractivity contribution in [2.75, 3.05) is 18.1 Å². The van der Waals surface area contributed by atoms with Gasteiger partial charge in [-0.3, -0.25) is 0 Å². The maximum absolute atomic E-state index is 12.4. The molecule has 0 aromatic heterocycles. The molecule has 3 nitrogen and oxygen atoms in total. The van der Waals surface area contributed by atoms with E-state index in [1.54, 1.807) is 0 Å². The van der Waals surface area contributed by atoms with Gasteiger partial charge < -0.3 is 9.64 Å². The van der Waals surface area contributed by atoms with E-state index < -0.39 is 5.54 Å². The number of hydrogen-bond acceptors (Lipinski definition) is 3. The lowest BCUT2D eigenvalue weighted by Gasteiger charge is -2.39. The molecule has 0 amide bonds. The molecular formula is C16H23NO2. The number of anilines is 1. The van der Waals surface area contributed by atoms with Crippen LogP contribution in [0.2, 0.25) is 0 Å². The molecule has 1 unspecified atom stereocenters. The summed E-state index contributed by atoms with van der Waals surface area (Å²) in [7, 11) is 0. The molecular weight excluding hydrogens is 238 g/mol. The highest BCUT2D eigenvalue weighted by Gasteiger charge is 2.41. The van der Waals surface area contributed by atoms with Crippen LogP contribution in [0.5, 0.6) is 0 Å². The SMILES string of the molecule is CCOC(=O)C1(C)CCCCCN1c1ccccc1. The van der Waals surface area contributed by atoms with Crippen LogP contribution in [0.4, 0.5) is 5.69 Å². The zero-order valence-corrected chi connectivity index (χ0v) is 11.9. The van der Waals surface area contributed by atoms with Gasteiger partial charge in [0.1, 0.15) is 5.54 Å². The third-order valence-electron chi connectivity index (χ3n) is 3.92. The molecule has 0 spiro atoms. The first kappa shape index (κ1) is 13.9. The van der Waals surface area contributed by atoms with Gasteiger partial charge in [0.25, 0.3) is 0 Å². The Morgan fingerprint density at radius 1 is 1.26 bits per heavy atom. The molecule has 1 aliphatic rings. The van der Waals surface area contributed by atoms with Crippen molar-refractivity contribution in [1.82, 2.24) is 0 Å². The van der Waals surface area contributed by atoms with Gasteiger partial charge >= 0.3 is 5.97 Å². The van der Waals surface area contributed by atoms with Crippen molar-refractivity contribution < 1.29 is 9.53 Å². The minimum Gasteiger partial charge on any atom is -0.464 e. The predicted octanol–water partition coefficient (Wildman–Crippen LogP) is 3.39. The van der Waals surface area contributed by atoms with E-state index in [4.69, 9.17) is 4.74 Å². The molecule has 19 heavy (non-hydrogen) atoms. The fourth-order valence-electron chi connectivity index (χ4n) is 2.82. The van der Waals surface area contributed by atoms with Crippen LogP contribution in [0.25, 0.3) is 0 Å². The number of nitrogens with zero attached hydrogens (tertiary/aromatic N) is 1. The molecule has 0 radical (unpaired) electrons. The normalized spacial score (nSPS) is 23.8. The first-order valence-electron chi connectivity index (χ1n) is 7.18. The van der Waals surface area contributed by atoms with Gasteiger partial charge in [-0.25, -0.2) is 4.79 Å². The van der Waals surface area contributed by atoms with Crippen molar-refractivity contribution in [3.8, 4) is 0 Å².